The summed E-state index contributed by atoms with van der Waals surface area (Å²) in [4.78, 5) is 8.46. The van der Waals surface area contributed by atoms with E-state index in [1.807, 2.05) is 18.2 Å². The highest BCUT2D eigenvalue weighted by atomic mass is 79.9. The summed E-state index contributed by atoms with van der Waals surface area (Å²) < 4.78 is 0. The number of alkyl halides is 1. The number of nitrogens with one attached hydrogen (secondary N) is 4. The number of fused-ring (bicyclic) bond motifs is 2. The molecule has 3 aromatic rings. The third-order valence-electron chi connectivity index (χ3n) is 3.16. The number of benzene rings is 1. The molecule has 1 aliphatic rings. The second kappa shape index (κ2) is 4.43. The van der Waals surface area contributed by atoms with Crippen molar-refractivity contribution in [3.63, 3.8) is 0 Å². The molecule has 0 aliphatic carbocycles. The molecule has 0 fully saturated rings. The van der Waals surface area contributed by atoms with Crippen LogP contribution >= 0.6 is 15.9 Å². The standard InChI is InChI=1S/C12H10BrN7/c13-10-9-11(14-5-15-12(9)20-19-10)17-7-1-2-8-6(3-7)4-16-18-8/h1-5,10,19H,(H,16,18)(H2,14,15,17,20). The molecule has 3 heterocycles. The molecule has 1 unspecified atom stereocenters. The number of H-pyrrole nitrogens is 1. The van der Waals surface area contributed by atoms with Crippen LogP contribution in [-0.2, 0) is 0 Å². The summed E-state index contributed by atoms with van der Waals surface area (Å²) >= 11 is 3.53. The number of aromatic amines is 1. The van der Waals surface area contributed by atoms with Crippen molar-refractivity contribution in [2.45, 2.75) is 4.95 Å². The van der Waals surface area contributed by atoms with E-state index in [-0.39, 0.29) is 4.95 Å². The maximum atomic E-state index is 4.31. The van der Waals surface area contributed by atoms with E-state index in [1.54, 1.807) is 6.20 Å². The summed E-state index contributed by atoms with van der Waals surface area (Å²) in [6.45, 7) is 0. The Morgan fingerprint density at radius 3 is 3.15 bits per heavy atom. The van der Waals surface area contributed by atoms with E-state index in [2.05, 4.69) is 52.3 Å². The number of rotatable bonds is 2. The maximum Gasteiger partial charge on any atom is 0.151 e. The third-order valence-corrected chi connectivity index (χ3v) is 3.84. The molecule has 20 heavy (non-hydrogen) atoms. The number of hydrazine groups is 1. The van der Waals surface area contributed by atoms with Crippen LogP contribution < -0.4 is 16.2 Å². The van der Waals surface area contributed by atoms with Crippen molar-refractivity contribution in [1.82, 2.24) is 25.6 Å². The van der Waals surface area contributed by atoms with Gasteiger partial charge in [-0.25, -0.2) is 15.4 Å². The Bertz CT molecular complexity index is 784. The molecule has 7 nitrogen and oxygen atoms in total. The van der Waals surface area contributed by atoms with Crippen molar-refractivity contribution in [3.8, 4) is 0 Å². The molecular formula is C12H10BrN7. The average molecular weight is 332 g/mol. The predicted molar refractivity (Wildman–Crippen MR) is 79.8 cm³/mol. The lowest BCUT2D eigenvalue weighted by Crippen LogP contribution is -2.14. The minimum atomic E-state index is -0.0288. The van der Waals surface area contributed by atoms with Crippen LogP contribution in [0.5, 0.6) is 0 Å². The van der Waals surface area contributed by atoms with Crippen molar-refractivity contribution < 1.29 is 0 Å². The summed E-state index contributed by atoms with van der Waals surface area (Å²) in [6.07, 6.45) is 3.32. The molecule has 0 radical (unpaired) electrons. The highest BCUT2D eigenvalue weighted by Crippen LogP contribution is 2.36. The van der Waals surface area contributed by atoms with Gasteiger partial charge in [0.1, 0.15) is 17.1 Å². The Labute approximate surface area is 122 Å². The number of anilines is 3. The molecule has 0 amide bonds. The first-order valence-corrected chi connectivity index (χ1v) is 6.93. The Hall–Kier alpha value is -2.19. The van der Waals surface area contributed by atoms with Crippen LogP contribution in [0.4, 0.5) is 17.3 Å². The fraction of sp³-hybridized carbons (Fsp3) is 0.0833. The highest BCUT2D eigenvalue weighted by Gasteiger charge is 2.24. The van der Waals surface area contributed by atoms with Crippen LogP contribution in [-0.4, -0.2) is 20.2 Å². The van der Waals surface area contributed by atoms with Gasteiger partial charge in [-0.2, -0.15) is 5.10 Å². The van der Waals surface area contributed by atoms with Crippen LogP contribution in [0, 0.1) is 0 Å². The molecule has 4 N–H and O–H groups in total. The van der Waals surface area contributed by atoms with Gasteiger partial charge in [0.25, 0.3) is 0 Å². The minimum Gasteiger partial charge on any atom is -0.340 e. The van der Waals surface area contributed by atoms with Crippen LogP contribution in [0.3, 0.4) is 0 Å². The zero-order valence-corrected chi connectivity index (χ0v) is 11.8. The molecule has 4 rings (SSSR count). The molecule has 0 saturated carbocycles. The van der Waals surface area contributed by atoms with Gasteiger partial charge in [0.15, 0.2) is 5.82 Å². The van der Waals surface area contributed by atoms with Gasteiger partial charge in [-0.15, -0.1) is 0 Å². The summed E-state index contributed by atoms with van der Waals surface area (Å²) in [5, 5.41) is 11.3. The monoisotopic (exact) mass is 331 g/mol. The molecule has 1 aliphatic heterocycles. The van der Waals surface area contributed by atoms with Gasteiger partial charge < -0.3 is 10.7 Å². The van der Waals surface area contributed by atoms with Gasteiger partial charge in [-0.05, 0) is 18.2 Å². The SMILES string of the molecule is BrC1NNc2ncnc(Nc3ccc4[nH]ncc4c3)c21. The van der Waals surface area contributed by atoms with E-state index >= 15 is 0 Å². The average Bonchev–Trinajstić information content (AvgIpc) is 3.06. The summed E-state index contributed by atoms with van der Waals surface area (Å²) in [5.74, 6) is 1.53. The Morgan fingerprint density at radius 2 is 2.20 bits per heavy atom. The Kier molecular flexibility index (Phi) is 2.57. The molecular weight excluding hydrogens is 322 g/mol. The molecule has 0 bridgehead atoms. The highest BCUT2D eigenvalue weighted by molar-refractivity contribution is 9.09. The minimum absolute atomic E-state index is 0.0288. The van der Waals surface area contributed by atoms with Crippen LogP contribution in [0.15, 0.2) is 30.7 Å². The summed E-state index contributed by atoms with van der Waals surface area (Å²) in [5.41, 5.74) is 8.96. The van der Waals surface area contributed by atoms with Crippen LogP contribution in [0.2, 0.25) is 0 Å². The van der Waals surface area contributed by atoms with Gasteiger partial charge in [-0.1, -0.05) is 15.9 Å². The Balaban J connectivity index is 1.74. The van der Waals surface area contributed by atoms with E-state index in [0.717, 1.165) is 33.8 Å². The molecule has 8 heteroatoms. The quantitative estimate of drug-likeness (QED) is 0.426. The number of hydrogen-bond donors (Lipinski definition) is 4. The molecule has 1 aromatic carbocycles. The Morgan fingerprint density at radius 1 is 1.25 bits per heavy atom. The maximum absolute atomic E-state index is 4.31. The number of aromatic nitrogens is 4. The molecule has 100 valence electrons. The lowest BCUT2D eigenvalue weighted by atomic mass is 10.2. The van der Waals surface area contributed by atoms with Crippen LogP contribution in [0.1, 0.15) is 10.5 Å². The van der Waals surface area contributed by atoms with Gasteiger partial charge in [0.05, 0.1) is 17.3 Å². The van der Waals surface area contributed by atoms with Crippen molar-refractivity contribution in [2.75, 3.05) is 10.7 Å². The first-order chi connectivity index (χ1) is 9.81. The molecule has 0 saturated heterocycles. The topological polar surface area (TPSA) is 90.5 Å². The molecule has 1 atom stereocenters. The van der Waals surface area contributed by atoms with Gasteiger partial charge in [-0.3, -0.25) is 5.10 Å². The van der Waals surface area contributed by atoms with Crippen molar-refractivity contribution in [1.29, 1.82) is 0 Å². The second-order valence-electron chi connectivity index (χ2n) is 4.41. The first kappa shape index (κ1) is 11.6. The predicted octanol–water partition coefficient (Wildman–Crippen LogP) is 2.42. The van der Waals surface area contributed by atoms with E-state index in [4.69, 9.17) is 0 Å². The van der Waals surface area contributed by atoms with Crippen molar-refractivity contribution >= 4 is 44.2 Å². The molecule has 2 aromatic heterocycles. The molecule has 0 spiro atoms. The lowest BCUT2D eigenvalue weighted by Gasteiger charge is -2.10. The fourth-order valence-corrected chi connectivity index (χ4v) is 2.74. The van der Waals surface area contributed by atoms with Crippen molar-refractivity contribution in [2.24, 2.45) is 0 Å². The third kappa shape index (κ3) is 1.81. The largest absolute Gasteiger partial charge is 0.340 e. The van der Waals surface area contributed by atoms with E-state index in [9.17, 15) is 0 Å². The summed E-state index contributed by atoms with van der Waals surface area (Å²) in [7, 11) is 0. The smallest absolute Gasteiger partial charge is 0.151 e. The van der Waals surface area contributed by atoms with E-state index in [0.29, 0.717) is 0 Å². The number of halogens is 1. The van der Waals surface area contributed by atoms with Gasteiger partial charge in [0.2, 0.25) is 0 Å². The fourth-order valence-electron chi connectivity index (χ4n) is 2.20. The number of nitrogens with zero attached hydrogens (tertiary/aromatic N) is 3. The van der Waals surface area contributed by atoms with E-state index in [1.165, 1.54) is 6.33 Å². The van der Waals surface area contributed by atoms with E-state index < -0.39 is 0 Å². The lowest BCUT2D eigenvalue weighted by molar-refractivity contribution is 0.849. The van der Waals surface area contributed by atoms with Gasteiger partial charge in [0, 0.05) is 11.1 Å². The van der Waals surface area contributed by atoms with Crippen LogP contribution in [0.25, 0.3) is 10.9 Å². The first-order valence-electron chi connectivity index (χ1n) is 6.02. The second-order valence-corrected chi connectivity index (χ2v) is 5.33. The zero-order valence-electron chi connectivity index (χ0n) is 10.2. The van der Waals surface area contributed by atoms with Gasteiger partial charge >= 0.3 is 0 Å². The number of hydrogen-bond acceptors (Lipinski definition) is 6. The zero-order chi connectivity index (χ0) is 13.5. The summed E-state index contributed by atoms with van der Waals surface area (Å²) in [6, 6.07) is 5.98. The van der Waals surface area contributed by atoms with Crippen molar-refractivity contribution in [3.05, 3.63) is 36.3 Å². The normalized spacial score (nSPS) is 16.9.